The van der Waals surface area contributed by atoms with Crippen LogP contribution in [0.25, 0.3) is 0 Å². The van der Waals surface area contributed by atoms with Crippen LogP contribution in [-0.4, -0.2) is 63.5 Å². The van der Waals surface area contributed by atoms with Gasteiger partial charge in [0, 0.05) is 33.3 Å². The van der Waals surface area contributed by atoms with E-state index in [1.165, 1.54) is 4.31 Å². The fourth-order valence-corrected chi connectivity index (χ4v) is 3.40. The smallest absolute Gasteiger partial charge is 0.281 e. The van der Waals surface area contributed by atoms with E-state index in [2.05, 4.69) is 0 Å². The Labute approximate surface area is 110 Å². The molecule has 1 aliphatic heterocycles. The second-order valence-electron chi connectivity index (χ2n) is 4.60. The number of nitrogens with two attached hydrogens (primary N) is 1. The van der Waals surface area contributed by atoms with E-state index < -0.39 is 10.2 Å². The predicted octanol–water partition coefficient (Wildman–Crippen LogP) is -0.130. The van der Waals surface area contributed by atoms with Crippen LogP contribution in [0.3, 0.4) is 0 Å². The van der Waals surface area contributed by atoms with Gasteiger partial charge in [0.2, 0.25) is 0 Å². The summed E-state index contributed by atoms with van der Waals surface area (Å²) in [5, 5.41) is 0. The SMILES string of the molecule is CCOCCN(C)S(=O)(=O)N1CCC(CN)CC1. The first-order chi connectivity index (χ1) is 8.52. The molecule has 0 radical (unpaired) electrons. The van der Waals surface area contributed by atoms with Crippen LogP contribution in [0.2, 0.25) is 0 Å². The molecule has 0 atom stereocenters. The average molecular weight is 279 g/mol. The molecule has 1 rings (SSSR count). The van der Waals surface area contributed by atoms with Gasteiger partial charge in [-0.2, -0.15) is 17.0 Å². The van der Waals surface area contributed by atoms with Crippen molar-refractivity contribution in [2.75, 3.05) is 46.4 Å². The molecule has 2 N–H and O–H groups in total. The van der Waals surface area contributed by atoms with E-state index in [0.29, 0.717) is 45.3 Å². The summed E-state index contributed by atoms with van der Waals surface area (Å²) in [7, 11) is -1.73. The number of likely N-dealkylation sites (N-methyl/N-ethyl adjacent to an activating group) is 1. The Bertz CT molecular complexity index is 326. The second kappa shape index (κ2) is 7.40. The van der Waals surface area contributed by atoms with Gasteiger partial charge < -0.3 is 10.5 Å². The molecule has 108 valence electrons. The molecule has 1 aliphatic rings. The van der Waals surface area contributed by atoms with Gasteiger partial charge in [0.1, 0.15) is 0 Å². The highest BCUT2D eigenvalue weighted by molar-refractivity contribution is 7.86. The van der Waals surface area contributed by atoms with Crippen LogP contribution in [0, 0.1) is 5.92 Å². The van der Waals surface area contributed by atoms with Crippen LogP contribution < -0.4 is 5.73 Å². The number of piperidine rings is 1. The topological polar surface area (TPSA) is 75.9 Å². The first-order valence-electron chi connectivity index (χ1n) is 6.51. The number of ether oxygens (including phenoxy) is 1. The van der Waals surface area contributed by atoms with Crippen molar-refractivity contribution in [1.82, 2.24) is 8.61 Å². The first-order valence-corrected chi connectivity index (χ1v) is 7.91. The van der Waals surface area contributed by atoms with Crippen LogP contribution in [0.15, 0.2) is 0 Å². The van der Waals surface area contributed by atoms with E-state index in [-0.39, 0.29) is 0 Å². The van der Waals surface area contributed by atoms with Crippen molar-refractivity contribution in [2.45, 2.75) is 19.8 Å². The van der Waals surface area contributed by atoms with E-state index in [9.17, 15) is 8.42 Å². The van der Waals surface area contributed by atoms with Crippen LogP contribution in [0.5, 0.6) is 0 Å². The quantitative estimate of drug-likeness (QED) is 0.659. The number of hydrogen-bond donors (Lipinski definition) is 1. The molecular formula is C11H25N3O3S. The minimum Gasteiger partial charge on any atom is -0.380 e. The van der Waals surface area contributed by atoms with Gasteiger partial charge in [0.25, 0.3) is 10.2 Å². The molecule has 0 aliphatic carbocycles. The Morgan fingerprint density at radius 2 is 2.00 bits per heavy atom. The molecule has 1 fully saturated rings. The molecule has 6 nitrogen and oxygen atoms in total. The fourth-order valence-electron chi connectivity index (χ4n) is 2.03. The molecule has 1 heterocycles. The first kappa shape index (κ1) is 15.8. The maximum absolute atomic E-state index is 12.2. The van der Waals surface area contributed by atoms with E-state index in [1.807, 2.05) is 6.92 Å². The minimum atomic E-state index is -3.33. The van der Waals surface area contributed by atoms with Gasteiger partial charge >= 0.3 is 0 Å². The lowest BCUT2D eigenvalue weighted by Crippen LogP contribution is -2.47. The molecule has 0 unspecified atom stereocenters. The van der Waals surface area contributed by atoms with Crippen molar-refractivity contribution in [3.63, 3.8) is 0 Å². The minimum absolute atomic E-state index is 0.396. The average Bonchev–Trinajstić information content (AvgIpc) is 2.39. The Morgan fingerprint density at radius 1 is 1.39 bits per heavy atom. The van der Waals surface area contributed by atoms with Crippen molar-refractivity contribution < 1.29 is 13.2 Å². The highest BCUT2D eigenvalue weighted by Crippen LogP contribution is 2.19. The van der Waals surface area contributed by atoms with Crippen LogP contribution in [0.4, 0.5) is 0 Å². The molecule has 0 aromatic rings. The molecule has 0 spiro atoms. The molecule has 0 aromatic heterocycles. The van der Waals surface area contributed by atoms with Crippen molar-refractivity contribution in [3.8, 4) is 0 Å². The van der Waals surface area contributed by atoms with Gasteiger partial charge in [0.05, 0.1) is 6.61 Å². The molecule has 0 aromatic carbocycles. The summed E-state index contributed by atoms with van der Waals surface area (Å²) in [6.07, 6.45) is 1.71. The Balaban J connectivity index is 2.48. The van der Waals surface area contributed by atoms with Gasteiger partial charge in [-0.3, -0.25) is 0 Å². The molecule has 0 amide bonds. The van der Waals surface area contributed by atoms with E-state index in [1.54, 1.807) is 11.4 Å². The van der Waals surface area contributed by atoms with Crippen LogP contribution in [0.1, 0.15) is 19.8 Å². The van der Waals surface area contributed by atoms with E-state index in [4.69, 9.17) is 10.5 Å². The number of nitrogens with zero attached hydrogens (tertiary/aromatic N) is 2. The lowest BCUT2D eigenvalue weighted by molar-refractivity contribution is 0.136. The standard InChI is InChI=1S/C11H25N3O3S/c1-3-17-9-8-13(2)18(15,16)14-6-4-11(10-12)5-7-14/h11H,3-10,12H2,1-2H3. The summed E-state index contributed by atoms with van der Waals surface area (Å²) in [4.78, 5) is 0. The van der Waals surface area contributed by atoms with Gasteiger partial charge in [-0.15, -0.1) is 0 Å². The van der Waals surface area contributed by atoms with Crippen molar-refractivity contribution in [3.05, 3.63) is 0 Å². The largest absolute Gasteiger partial charge is 0.380 e. The lowest BCUT2D eigenvalue weighted by atomic mass is 9.99. The highest BCUT2D eigenvalue weighted by Gasteiger charge is 2.30. The normalized spacial score (nSPS) is 19.6. The summed E-state index contributed by atoms with van der Waals surface area (Å²) < 4.78 is 32.6. The van der Waals surface area contributed by atoms with Crippen LogP contribution >= 0.6 is 0 Å². The van der Waals surface area contributed by atoms with E-state index >= 15 is 0 Å². The zero-order chi connectivity index (χ0) is 13.6. The molecule has 7 heteroatoms. The summed E-state index contributed by atoms with van der Waals surface area (Å²) in [6.45, 7) is 5.13. The maximum Gasteiger partial charge on any atom is 0.281 e. The summed E-state index contributed by atoms with van der Waals surface area (Å²) in [6, 6.07) is 0. The van der Waals surface area contributed by atoms with Crippen molar-refractivity contribution in [2.24, 2.45) is 11.7 Å². The van der Waals surface area contributed by atoms with Crippen LogP contribution in [-0.2, 0) is 14.9 Å². The fraction of sp³-hybridized carbons (Fsp3) is 1.00. The van der Waals surface area contributed by atoms with E-state index in [0.717, 1.165) is 12.8 Å². The molecule has 18 heavy (non-hydrogen) atoms. The number of hydrogen-bond acceptors (Lipinski definition) is 4. The van der Waals surface area contributed by atoms with Crippen molar-refractivity contribution >= 4 is 10.2 Å². The predicted molar refractivity (Wildman–Crippen MR) is 71.4 cm³/mol. The second-order valence-corrected chi connectivity index (χ2v) is 6.64. The van der Waals surface area contributed by atoms with Crippen molar-refractivity contribution in [1.29, 1.82) is 0 Å². The highest BCUT2D eigenvalue weighted by atomic mass is 32.2. The molecule has 0 saturated carbocycles. The summed E-state index contributed by atoms with van der Waals surface area (Å²) in [5.74, 6) is 0.463. The molecule has 0 bridgehead atoms. The summed E-state index contributed by atoms with van der Waals surface area (Å²) >= 11 is 0. The third kappa shape index (κ3) is 4.17. The zero-order valence-corrected chi connectivity index (χ0v) is 12.2. The number of rotatable bonds is 7. The lowest BCUT2D eigenvalue weighted by Gasteiger charge is -2.33. The third-order valence-electron chi connectivity index (χ3n) is 3.38. The van der Waals surface area contributed by atoms with Gasteiger partial charge in [-0.1, -0.05) is 0 Å². The Kier molecular flexibility index (Phi) is 6.51. The molecular weight excluding hydrogens is 254 g/mol. The summed E-state index contributed by atoms with van der Waals surface area (Å²) in [5.41, 5.74) is 5.60. The Morgan fingerprint density at radius 3 is 2.50 bits per heavy atom. The van der Waals surface area contributed by atoms with Gasteiger partial charge in [-0.05, 0) is 32.2 Å². The van der Waals surface area contributed by atoms with Gasteiger partial charge in [-0.25, -0.2) is 0 Å². The maximum atomic E-state index is 12.2. The molecule has 1 saturated heterocycles. The third-order valence-corrected chi connectivity index (χ3v) is 5.37. The van der Waals surface area contributed by atoms with Gasteiger partial charge in [0.15, 0.2) is 0 Å². The zero-order valence-electron chi connectivity index (χ0n) is 11.3. The monoisotopic (exact) mass is 279 g/mol. The Hall–Kier alpha value is -0.210.